The molecule has 2 aromatic carbocycles. The van der Waals surface area contributed by atoms with Crippen LogP contribution >= 0.6 is 23.2 Å². The van der Waals surface area contributed by atoms with E-state index in [1.54, 1.807) is 24.3 Å². The highest BCUT2D eigenvalue weighted by molar-refractivity contribution is 6.37. The Bertz CT molecular complexity index is 974. The van der Waals surface area contributed by atoms with Crippen molar-refractivity contribution in [1.82, 2.24) is 0 Å². The van der Waals surface area contributed by atoms with Crippen molar-refractivity contribution in [2.45, 2.75) is 18.4 Å². The lowest BCUT2D eigenvalue weighted by Gasteiger charge is -2.37. The number of carbonyl (C=O) groups excluding carboxylic acids is 2. The van der Waals surface area contributed by atoms with E-state index in [4.69, 9.17) is 23.2 Å². The van der Waals surface area contributed by atoms with E-state index >= 15 is 0 Å². The highest BCUT2D eigenvalue weighted by Crippen LogP contribution is 2.45. The van der Waals surface area contributed by atoms with Gasteiger partial charge < -0.3 is 20.5 Å². The van der Waals surface area contributed by atoms with E-state index in [1.807, 2.05) is 18.2 Å². The van der Waals surface area contributed by atoms with Crippen molar-refractivity contribution < 1.29 is 14.7 Å². The number of benzene rings is 2. The fraction of sp³-hybridized carbons (Fsp3) is 0.200. The number of anilines is 2. The number of fused-ring (bicyclic) bond motifs is 3. The Morgan fingerprint density at radius 2 is 1.96 bits per heavy atom. The van der Waals surface area contributed by atoms with Crippen molar-refractivity contribution in [2.75, 3.05) is 10.6 Å². The van der Waals surface area contributed by atoms with E-state index in [0.29, 0.717) is 22.7 Å². The Kier molecular flexibility index (Phi) is 4.58. The number of nitrogens with one attached hydrogen (secondary N) is 2. The molecule has 0 unspecified atom stereocenters. The molecule has 1 aliphatic carbocycles. The first-order valence-corrected chi connectivity index (χ1v) is 9.24. The van der Waals surface area contributed by atoms with Crippen LogP contribution in [0.4, 0.5) is 11.4 Å². The van der Waals surface area contributed by atoms with E-state index < -0.39 is 12.0 Å². The number of halogens is 2. The number of amides is 1. The first-order chi connectivity index (χ1) is 12.9. The van der Waals surface area contributed by atoms with Gasteiger partial charge in [0.25, 0.3) is 5.91 Å². The van der Waals surface area contributed by atoms with Crippen molar-refractivity contribution in [3.8, 4) is 0 Å². The smallest absolute Gasteiger partial charge is 0.257 e. The van der Waals surface area contributed by atoms with E-state index in [0.717, 1.165) is 11.3 Å². The summed E-state index contributed by atoms with van der Waals surface area (Å²) in [4.78, 5) is 24.0. The predicted molar refractivity (Wildman–Crippen MR) is 103 cm³/mol. The molecule has 0 aromatic heterocycles. The number of hydrogen-bond donors (Lipinski definition) is 2. The first-order valence-electron chi connectivity index (χ1n) is 8.48. The molecule has 0 radical (unpaired) electrons. The third-order valence-corrected chi connectivity index (χ3v) is 5.60. The quantitative estimate of drug-likeness (QED) is 0.771. The van der Waals surface area contributed by atoms with Gasteiger partial charge >= 0.3 is 0 Å². The molecule has 0 spiro atoms. The molecule has 0 fully saturated rings. The second-order valence-electron chi connectivity index (χ2n) is 6.67. The number of carbonyl (C=O) groups is 2. The van der Waals surface area contributed by atoms with Gasteiger partial charge in [-0.3, -0.25) is 4.79 Å². The lowest BCUT2D eigenvalue weighted by molar-refractivity contribution is -0.308. The molecule has 1 amide bonds. The van der Waals surface area contributed by atoms with Crippen LogP contribution in [0.1, 0.15) is 28.3 Å². The summed E-state index contributed by atoms with van der Waals surface area (Å²) in [7, 11) is 0. The van der Waals surface area contributed by atoms with Gasteiger partial charge in [-0.2, -0.15) is 0 Å². The van der Waals surface area contributed by atoms with E-state index in [2.05, 4.69) is 10.6 Å². The van der Waals surface area contributed by atoms with Gasteiger partial charge in [0.15, 0.2) is 0 Å². The van der Waals surface area contributed by atoms with Crippen LogP contribution in [0, 0.1) is 5.92 Å². The van der Waals surface area contributed by atoms with Crippen molar-refractivity contribution in [3.63, 3.8) is 0 Å². The summed E-state index contributed by atoms with van der Waals surface area (Å²) in [5, 5.41) is 18.1. The standard InChI is InChI=1S/C20H16Cl2N2O3/c21-10-4-6-14(16(22)8-10)19(25)23-11-5-7-17-15(9-11)12-2-1-3-13(12)18(24-17)20(26)27/h1-2,4-9,12-13,18,24H,3H2,(H,23,25)(H,26,27)/p-1/t12-,13-,18+/m0/s1. The summed E-state index contributed by atoms with van der Waals surface area (Å²) < 4.78 is 0. The molecule has 4 rings (SSSR count). The molecule has 5 nitrogen and oxygen atoms in total. The van der Waals surface area contributed by atoms with Crippen LogP contribution < -0.4 is 15.7 Å². The molecule has 1 heterocycles. The molecular weight excluding hydrogens is 387 g/mol. The van der Waals surface area contributed by atoms with Crippen LogP contribution in [0.3, 0.4) is 0 Å². The van der Waals surface area contributed by atoms with Crippen LogP contribution in [-0.4, -0.2) is 17.9 Å². The van der Waals surface area contributed by atoms with Gasteiger partial charge in [0, 0.05) is 22.3 Å². The first kappa shape index (κ1) is 17.9. The van der Waals surface area contributed by atoms with Crippen LogP contribution in [0.25, 0.3) is 0 Å². The SMILES string of the molecule is O=C(Nc1ccc2c(c1)[C@H]1C=CC[C@@H]1[C@H](C(=O)[O-])N2)c1ccc(Cl)cc1Cl. The van der Waals surface area contributed by atoms with Gasteiger partial charge in [-0.25, -0.2) is 0 Å². The number of carboxylic acid groups (broad SMARTS) is 1. The lowest BCUT2D eigenvalue weighted by Crippen LogP contribution is -2.48. The van der Waals surface area contributed by atoms with E-state index in [-0.39, 0.29) is 22.8 Å². The minimum Gasteiger partial charge on any atom is -0.548 e. The fourth-order valence-electron chi connectivity index (χ4n) is 3.78. The van der Waals surface area contributed by atoms with Crippen LogP contribution in [0.2, 0.25) is 10.0 Å². The topological polar surface area (TPSA) is 81.3 Å². The second kappa shape index (κ2) is 6.91. The maximum absolute atomic E-state index is 12.5. The molecule has 7 heteroatoms. The highest BCUT2D eigenvalue weighted by atomic mass is 35.5. The number of allylic oxidation sites excluding steroid dienone is 2. The molecule has 0 bridgehead atoms. The zero-order valence-corrected chi connectivity index (χ0v) is 15.6. The summed E-state index contributed by atoms with van der Waals surface area (Å²) in [6.07, 6.45) is 4.68. The van der Waals surface area contributed by atoms with Crippen LogP contribution in [0.15, 0.2) is 48.6 Å². The Hall–Kier alpha value is -2.50. The van der Waals surface area contributed by atoms with Crippen LogP contribution in [-0.2, 0) is 4.79 Å². The number of aliphatic carboxylic acids is 1. The third kappa shape index (κ3) is 3.29. The summed E-state index contributed by atoms with van der Waals surface area (Å²) in [5.74, 6) is -1.57. The Morgan fingerprint density at radius 3 is 2.70 bits per heavy atom. The van der Waals surface area contributed by atoms with Crippen molar-refractivity contribution >= 4 is 46.5 Å². The molecule has 2 aliphatic rings. The largest absolute Gasteiger partial charge is 0.548 e. The number of carboxylic acids is 1. The van der Waals surface area contributed by atoms with Gasteiger partial charge in [0.1, 0.15) is 0 Å². The fourth-order valence-corrected chi connectivity index (χ4v) is 4.27. The molecule has 0 saturated carbocycles. The monoisotopic (exact) mass is 401 g/mol. The Morgan fingerprint density at radius 1 is 1.15 bits per heavy atom. The Labute approximate surface area is 166 Å². The second-order valence-corrected chi connectivity index (χ2v) is 7.52. The number of hydrogen-bond acceptors (Lipinski definition) is 4. The average molecular weight is 402 g/mol. The molecule has 27 heavy (non-hydrogen) atoms. The molecule has 0 saturated heterocycles. The van der Waals surface area contributed by atoms with Gasteiger partial charge in [-0.1, -0.05) is 35.4 Å². The number of rotatable bonds is 3. The van der Waals surface area contributed by atoms with Gasteiger partial charge in [-0.15, -0.1) is 0 Å². The minimum absolute atomic E-state index is 0.0277. The normalized spacial score (nSPS) is 22.5. The predicted octanol–water partition coefficient (Wildman–Crippen LogP) is 3.45. The van der Waals surface area contributed by atoms with Gasteiger partial charge in [-0.05, 0) is 54.3 Å². The molecule has 2 aromatic rings. The zero-order chi connectivity index (χ0) is 19.1. The van der Waals surface area contributed by atoms with Gasteiger partial charge in [0.2, 0.25) is 0 Å². The highest BCUT2D eigenvalue weighted by Gasteiger charge is 2.37. The molecule has 2 N–H and O–H groups in total. The molecular formula is C20H15Cl2N2O3-. The van der Waals surface area contributed by atoms with Gasteiger partial charge in [0.05, 0.1) is 22.6 Å². The van der Waals surface area contributed by atoms with Crippen molar-refractivity contribution in [3.05, 3.63) is 69.7 Å². The summed E-state index contributed by atoms with van der Waals surface area (Å²) in [5.41, 5.74) is 2.62. The van der Waals surface area contributed by atoms with Crippen molar-refractivity contribution in [2.24, 2.45) is 5.92 Å². The maximum Gasteiger partial charge on any atom is 0.257 e. The molecule has 3 atom stereocenters. The molecule has 138 valence electrons. The average Bonchev–Trinajstić information content (AvgIpc) is 3.10. The van der Waals surface area contributed by atoms with Crippen LogP contribution in [0.5, 0.6) is 0 Å². The summed E-state index contributed by atoms with van der Waals surface area (Å²) >= 11 is 12.0. The van der Waals surface area contributed by atoms with Crippen molar-refractivity contribution in [1.29, 1.82) is 0 Å². The van der Waals surface area contributed by atoms with E-state index in [1.165, 1.54) is 6.07 Å². The zero-order valence-electron chi connectivity index (χ0n) is 14.0. The van der Waals surface area contributed by atoms with E-state index in [9.17, 15) is 14.7 Å². The summed E-state index contributed by atoms with van der Waals surface area (Å²) in [6.45, 7) is 0. The summed E-state index contributed by atoms with van der Waals surface area (Å²) in [6, 6.07) is 9.32. The lowest BCUT2D eigenvalue weighted by atomic mass is 9.79. The third-order valence-electron chi connectivity index (χ3n) is 5.05. The molecule has 1 aliphatic heterocycles. The Balaban J connectivity index is 1.62. The maximum atomic E-state index is 12.5. The minimum atomic E-state index is -1.10.